The molecule has 3 rings (SSSR count). The molecule has 0 radical (unpaired) electrons. The van der Waals surface area contributed by atoms with Crippen molar-refractivity contribution in [1.82, 2.24) is 9.78 Å². The minimum absolute atomic E-state index is 0.624. The molecule has 0 saturated heterocycles. The Morgan fingerprint density at radius 3 is 2.29 bits per heavy atom. The highest BCUT2D eigenvalue weighted by Gasteiger charge is 2.15. The Morgan fingerprint density at radius 1 is 1.00 bits per heavy atom. The van der Waals surface area contributed by atoms with E-state index in [1.54, 1.807) is 11.8 Å². The summed E-state index contributed by atoms with van der Waals surface area (Å²) in [5.74, 6) is 0.807. The fourth-order valence-electron chi connectivity index (χ4n) is 2.24. The quantitative estimate of drug-likeness (QED) is 0.711. The van der Waals surface area contributed by atoms with Crippen molar-refractivity contribution >= 4 is 11.6 Å². The molecule has 1 aromatic heterocycles. The summed E-state index contributed by atoms with van der Waals surface area (Å²) in [5, 5.41) is 5.27. The van der Waals surface area contributed by atoms with E-state index >= 15 is 0 Å². The second-order valence-corrected chi connectivity index (χ2v) is 5.10. The van der Waals surface area contributed by atoms with Gasteiger partial charge in [-0.2, -0.15) is 5.10 Å². The number of hydrogen-bond acceptors (Lipinski definition) is 2. The van der Waals surface area contributed by atoms with Crippen LogP contribution in [0.3, 0.4) is 0 Å². The molecule has 0 saturated carbocycles. The van der Waals surface area contributed by atoms with Crippen LogP contribution in [0.2, 0.25) is 5.15 Å². The Labute approximate surface area is 128 Å². The Bertz CT molecular complexity index is 748. The smallest absolute Gasteiger partial charge is 0.136 e. The molecule has 3 aromatic rings. The van der Waals surface area contributed by atoms with Gasteiger partial charge in [-0.3, -0.25) is 0 Å². The molecule has 0 amide bonds. The number of hydrogen-bond donors (Lipinski definition) is 0. The maximum absolute atomic E-state index is 6.44. The minimum Gasteiger partial charge on any atom is -0.497 e. The van der Waals surface area contributed by atoms with Crippen molar-refractivity contribution in [1.29, 1.82) is 0 Å². The van der Waals surface area contributed by atoms with E-state index in [2.05, 4.69) is 5.10 Å². The number of nitrogens with zero attached hydrogens (tertiary/aromatic N) is 2. The minimum atomic E-state index is 0.624. The van der Waals surface area contributed by atoms with Gasteiger partial charge in [0.25, 0.3) is 0 Å². The van der Waals surface area contributed by atoms with Gasteiger partial charge in [-0.1, -0.05) is 41.9 Å². The third-order valence-corrected chi connectivity index (χ3v) is 3.86. The van der Waals surface area contributed by atoms with Crippen LogP contribution in [0, 0.1) is 6.92 Å². The molecule has 0 atom stereocenters. The van der Waals surface area contributed by atoms with Crippen LogP contribution >= 0.6 is 11.6 Å². The molecule has 0 bridgehead atoms. The normalized spacial score (nSPS) is 10.6. The molecule has 21 heavy (non-hydrogen) atoms. The molecule has 0 aliphatic carbocycles. The second kappa shape index (κ2) is 5.62. The van der Waals surface area contributed by atoms with E-state index < -0.39 is 0 Å². The summed E-state index contributed by atoms with van der Waals surface area (Å²) in [6, 6.07) is 17.7. The molecular weight excluding hydrogens is 284 g/mol. The molecule has 106 valence electrons. The van der Waals surface area contributed by atoms with Gasteiger partial charge in [-0.15, -0.1) is 0 Å². The highest BCUT2D eigenvalue weighted by molar-refractivity contribution is 6.31. The molecule has 0 unspecified atom stereocenters. The average molecular weight is 299 g/mol. The Morgan fingerprint density at radius 2 is 1.67 bits per heavy atom. The zero-order valence-electron chi connectivity index (χ0n) is 11.9. The monoisotopic (exact) mass is 298 g/mol. The first-order valence-corrected chi connectivity index (χ1v) is 7.03. The highest BCUT2D eigenvalue weighted by atomic mass is 35.5. The van der Waals surface area contributed by atoms with E-state index in [9.17, 15) is 0 Å². The van der Waals surface area contributed by atoms with Crippen LogP contribution < -0.4 is 4.74 Å². The number of aromatic nitrogens is 2. The van der Waals surface area contributed by atoms with Crippen molar-refractivity contribution in [3.8, 4) is 22.7 Å². The lowest BCUT2D eigenvalue weighted by atomic mass is 10.1. The third kappa shape index (κ3) is 2.52. The summed E-state index contributed by atoms with van der Waals surface area (Å²) in [7, 11) is 1.65. The Balaban J connectivity index is 2.08. The van der Waals surface area contributed by atoms with Crippen molar-refractivity contribution in [2.45, 2.75) is 6.92 Å². The van der Waals surface area contributed by atoms with Crippen LogP contribution in [0.4, 0.5) is 0 Å². The van der Waals surface area contributed by atoms with Gasteiger partial charge in [0.1, 0.15) is 10.9 Å². The first-order valence-electron chi connectivity index (χ1n) is 6.65. The Hall–Kier alpha value is -2.26. The third-order valence-electron chi connectivity index (χ3n) is 3.41. The van der Waals surface area contributed by atoms with Gasteiger partial charge in [0.2, 0.25) is 0 Å². The van der Waals surface area contributed by atoms with Gasteiger partial charge in [0.15, 0.2) is 0 Å². The predicted molar refractivity (Wildman–Crippen MR) is 85.3 cm³/mol. The van der Waals surface area contributed by atoms with Gasteiger partial charge < -0.3 is 4.74 Å². The van der Waals surface area contributed by atoms with Crippen molar-refractivity contribution in [2.24, 2.45) is 0 Å². The highest BCUT2D eigenvalue weighted by Crippen LogP contribution is 2.30. The standard InChI is InChI=1S/C17H15ClN2O/c1-12-16(13-6-4-3-5-7-13)19-20(17(12)18)14-8-10-15(21-2)11-9-14/h3-11H,1-2H3. The molecule has 0 N–H and O–H groups in total. The van der Waals surface area contributed by atoms with Gasteiger partial charge in [-0.25, -0.2) is 4.68 Å². The lowest BCUT2D eigenvalue weighted by molar-refractivity contribution is 0.414. The van der Waals surface area contributed by atoms with E-state index in [1.807, 2.05) is 61.5 Å². The summed E-state index contributed by atoms with van der Waals surface area (Å²) in [6.45, 7) is 1.98. The molecule has 0 spiro atoms. The number of rotatable bonds is 3. The molecular formula is C17H15ClN2O. The predicted octanol–water partition coefficient (Wildman–Crippen LogP) is 4.51. The van der Waals surface area contributed by atoms with Crippen LogP contribution in [-0.4, -0.2) is 16.9 Å². The SMILES string of the molecule is COc1ccc(-n2nc(-c3ccccc3)c(C)c2Cl)cc1. The van der Waals surface area contributed by atoms with Crippen molar-refractivity contribution < 1.29 is 4.74 Å². The van der Waals surface area contributed by atoms with Gasteiger partial charge >= 0.3 is 0 Å². The number of benzene rings is 2. The van der Waals surface area contributed by atoms with E-state index in [0.29, 0.717) is 5.15 Å². The van der Waals surface area contributed by atoms with Crippen LogP contribution in [0.1, 0.15) is 5.56 Å². The largest absolute Gasteiger partial charge is 0.497 e. The fourth-order valence-corrected chi connectivity index (χ4v) is 2.47. The maximum Gasteiger partial charge on any atom is 0.136 e. The Kier molecular flexibility index (Phi) is 3.67. The topological polar surface area (TPSA) is 27.1 Å². The molecule has 4 heteroatoms. The molecule has 0 fully saturated rings. The van der Waals surface area contributed by atoms with Crippen LogP contribution in [0.15, 0.2) is 54.6 Å². The number of halogens is 1. The van der Waals surface area contributed by atoms with E-state index in [4.69, 9.17) is 16.3 Å². The zero-order valence-corrected chi connectivity index (χ0v) is 12.6. The van der Waals surface area contributed by atoms with Gasteiger partial charge in [0.05, 0.1) is 18.5 Å². The summed E-state index contributed by atoms with van der Waals surface area (Å²) in [4.78, 5) is 0. The molecule has 1 heterocycles. The average Bonchev–Trinajstić information content (AvgIpc) is 2.84. The zero-order chi connectivity index (χ0) is 14.8. The lowest BCUT2D eigenvalue weighted by Crippen LogP contribution is -1.96. The van der Waals surface area contributed by atoms with Crippen molar-refractivity contribution in [2.75, 3.05) is 7.11 Å². The van der Waals surface area contributed by atoms with Gasteiger partial charge in [0, 0.05) is 11.1 Å². The van der Waals surface area contributed by atoms with E-state index in [0.717, 1.165) is 28.3 Å². The van der Waals surface area contributed by atoms with E-state index in [-0.39, 0.29) is 0 Å². The lowest BCUT2D eigenvalue weighted by Gasteiger charge is -2.04. The summed E-state index contributed by atoms with van der Waals surface area (Å²) in [6.07, 6.45) is 0. The molecule has 3 nitrogen and oxygen atoms in total. The molecule has 2 aromatic carbocycles. The number of ether oxygens (including phenoxy) is 1. The molecule has 0 aliphatic rings. The fraction of sp³-hybridized carbons (Fsp3) is 0.118. The first-order chi connectivity index (χ1) is 10.2. The maximum atomic E-state index is 6.44. The molecule has 0 aliphatic heterocycles. The van der Waals surface area contributed by atoms with Crippen molar-refractivity contribution in [3.63, 3.8) is 0 Å². The van der Waals surface area contributed by atoms with Crippen LogP contribution in [0.25, 0.3) is 16.9 Å². The van der Waals surface area contributed by atoms with Gasteiger partial charge in [-0.05, 0) is 31.2 Å². The van der Waals surface area contributed by atoms with Crippen LogP contribution in [0.5, 0.6) is 5.75 Å². The first kappa shape index (κ1) is 13.7. The van der Waals surface area contributed by atoms with E-state index in [1.165, 1.54) is 0 Å². The number of methoxy groups -OCH3 is 1. The second-order valence-electron chi connectivity index (χ2n) is 4.74. The van der Waals surface area contributed by atoms with Crippen molar-refractivity contribution in [3.05, 3.63) is 65.3 Å². The summed E-state index contributed by atoms with van der Waals surface area (Å²) >= 11 is 6.44. The summed E-state index contributed by atoms with van der Waals surface area (Å²) in [5.41, 5.74) is 3.84. The summed E-state index contributed by atoms with van der Waals surface area (Å²) < 4.78 is 6.92. The van der Waals surface area contributed by atoms with Crippen LogP contribution in [-0.2, 0) is 0 Å².